The minimum atomic E-state index is 0.235. The van der Waals surface area contributed by atoms with Gasteiger partial charge in [-0.05, 0) is 26.2 Å². The third kappa shape index (κ3) is 3.29. The highest BCUT2D eigenvalue weighted by molar-refractivity contribution is 6.33. The maximum atomic E-state index is 9.10. The van der Waals surface area contributed by atoms with Gasteiger partial charge in [0.25, 0.3) is 0 Å². The Kier molecular flexibility index (Phi) is 4.61. The summed E-state index contributed by atoms with van der Waals surface area (Å²) in [6.07, 6.45) is 0. The topological polar surface area (TPSA) is 65.1 Å². The number of anilines is 1. The molecule has 6 heteroatoms. The maximum absolute atomic E-state index is 9.10. The second-order valence-electron chi connectivity index (χ2n) is 4.52. The van der Waals surface area contributed by atoms with Gasteiger partial charge in [-0.25, -0.2) is 0 Å². The number of benzene rings is 1. The molecule has 1 aromatic carbocycles. The van der Waals surface area contributed by atoms with Crippen LogP contribution in [0.15, 0.2) is 28.7 Å². The lowest BCUT2D eigenvalue weighted by atomic mass is 10.2. The number of rotatable bonds is 5. The molecule has 5 nitrogen and oxygen atoms in total. The predicted molar refractivity (Wildman–Crippen MR) is 78.7 cm³/mol. The highest BCUT2D eigenvalue weighted by atomic mass is 35.5. The summed E-state index contributed by atoms with van der Waals surface area (Å²) < 4.78 is 5.61. The number of hydrogen-bond donors (Lipinski definition) is 1. The molecule has 0 saturated carbocycles. The van der Waals surface area contributed by atoms with E-state index in [1.807, 2.05) is 37.2 Å². The SMILES string of the molecule is CN(C)CCNc1oc(-c2ccccc2Cl)nc1C#N. The molecule has 0 aliphatic heterocycles. The van der Waals surface area contributed by atoms with Crippen LogP contribution < -0.4 is 5.32 Å². The summed E-state index contributed by atoms with van der Waals surface area (Å²) >= 11 is 6.10. The van der Waals surface area contributed by atoms with Crippen LogP contribution in [0.3, 0.4) is 0 Å². The molecule has 0 bridgehead atoms. The van der Waals surface area contributed by atoms with Crippen molar-refractivity contribution in [3.63, 3.8) is 0 Å². The van der Waals surface area contributed by atoms with E-state index in [0.717, 1.165) is 6.54 Å². The van der Waals surface area contributed by atoms with Gasteiger partial charge in [-0.3, -0.25) is 0 Å². The lowest BCUT2D eigenvalue weighted by molar-refractivity contribution is 0.423. The molecule has 0 aliphatic rings. The fourth-order valence-electron chi connectivity index (χ4n) is 1.66. The van der Waals surface area contributed by atoms with Crippen LogP contribution in [0.2, 0.25) is 5.02 Å². The number of aromatic nitrogens is 1. The van der Waals surface area contributed by atoms with E-state index in [-0.39, 0.29) is 5.69 Å². The third-order valence-electron chi connectivity index (χ3n) is 2.68. The van der Waals surface area contributed by atoms with E-state index in [2.05, 4.69) is 10.3 Å². The van der Waals surface area contributed by atoms with E-state index in [0.29, 0.717) is 28.9 Å². The van der Waals surface area contributed by atoms with Crippen molar-refractivity contribution in [2.45, 2.75) is 0 Å². The monoisotopic (exact) mass is 290 g/mol. The number of nitrogens with zero attached hydrogens (tertiary/aromatic N) is 3. The Bertz CT molecular complexity index is 630. The summed E-state index contributed by atoms with van der Waals surface area (Å²) in [4.78, 5) is 6.20. The van der Waals surface area contributed by atoms with Crippen molar-refractivity contribution in [1.82, 2.24) is 9.88 Å². The zero-order valence-electron chi connectivity index (χ0n) is 11.4. The van der Waals surface area contributed by atoms with Crippen LogP contribution >= 0.6 is 11.6 Å². The second kappa shape index (κ2) is 6.42. The van der Waals surface area contributed by atoms with Crippen molar-refractivity contribution in [3.8, 4) is 17.5 Å². The Hall–Kier alpha value is -2.03. The average molecular weight is 291 g/mol. The predicted octanol–water partition coefficient (Wildman–Crippen LogP) is 2.84. The minimum absolute atomic E-state index is 0.235. The zero-order valence-corrected chi connectivity index (χ0v) is 12.1. The van der Waals surface area contributed by atoms with E-state index in [1.54, 1.807) is 12.1 Å². The van der Waals surface area contributed by atoms with Crippen LogP contribution in [0.5, 0.6) is 0 Å². The fourth-order valence-corrected chi connectivity index (χ4v) is 1.88. The Morgan fingerprint density at radius 2 is 2.15 bits per heavy atom. The van der Waals surface area contributed by atoms with Crippen molar-refractivity contribution in [2.24, 2.45) is 0 Å². The molecule has 0 aliphatic carbocycles. The lowest BCUT2D eigenvalue weighted by Crippen LogP contribution is -2.20. The van der Waals surface area contributed by atoms with Gasteiger partial charge in [-0.2, -0.15) is 10.2 Å². The van der Waals surface area contributed by atoms with E-state index in [1.165, 1.54) is 0 Å². The van der Waals surface area contributed by atoms with Crippen molar-refractivity contribution in [2.75, 3.05) is 32.5 Å². The smallest absolute Gasteiger partial charge is 0.232 e. The van der Waals surface area contributed by atoms with Crippen molar-refractivity contribution < 1.29 is 4.42 Å². The number of oxazole rings is 1. The Labute approximate surface area is 122 Å². The number of likely N-dealkylation sites (N-methyl/N-ethyl adjacent to an activating group) is 1. The molecule has 0 atom stereocenters. The molecular formula is C14H15ClN4O. The molecule has 2 rings (SSSR count). The van der Waals surface area contributed by atoms with E-state index in [9.17, 15) is 0 Å². The molecule has 1 aromatic heterocycles. The number of nitriles is 1. The molecule has 2 aromatic rings. The Morgan fingerprint density at radius 3 is 2.80 bits per heavy atom. The van der Waals surface area contributed by atoms with Crippen LogP contribution in [-0.4, -0.2) is 37.1 Å². The largest absolute Gasteiger partial charge is 0.419 e. The Balaban J connectivity index is 2.23. The van der Waals surface area contributed by atoms with Gasteiger partial charge in [0.1, 0.15) is 6.07 Å². The van der Waals surface area contributed by atoms with Crippen molar-refractivity contribution >= 4 is 17.5 Å². The summed E-state index contributed by atoms with van der Waals surface area (Å²) in [6.45, 7) is 1.49. The van der Waals surface area contributed by atoms with Gasteiger partial charge in [0.2, 0.25) is 17.5 Å². The molecule has 1 N–H and O–H groups in total. The quantitative estimate of drug-likeness (QED) is 0.917. The number of halogens is 1. The normalized spacial score (nSPS) is 10.6. The van der Waals surface area contributed by atoms with Crippen LogP contribution in [0.1, 0.15) is 5.69 Å². The molecule has 0 spiro atoms. The minimum Gasteiger partial charge on any atom is -0.419 e. The molecule has 0 saturated heterocycles. The second-order valence-corrected chi connectivity index (χ2v) is 4.93. The van der Waals surface area contributed by atoms with Gasteiger partial charge in [-0.15, -0.1) is 0 Å². The zero-order chi connectivity index (χ0) is 14.5. The lowest BCUT2D eigenvalue weighted by Gasteiger charge is -2.09. The van der Waals surface area contributed by atoms with E-state index >= 15 is 0 Å². The van der Waals surface area contributed by atoms with Crippen LogP contribution in [-0.2, 0) is 0 Å². The number of hydrogen-bond acceptors (Lipinski definition) is 5. The summed E-state index contributed by atoms with van der Waals surface area (Å²) in [7, 11) is 3.95. The van der Waals surface area contributed by atoms with E-state index in [4.69, 9.17) is 21.3 Å². The van der Waals surface area contributed by atoms with Gasteiger partial charge in [0.15, 0.2) is 0 Å². The highest BCUT2D eigenvalue weighted by Gasteiger charge is 2.15. The van der Waals surface area contributed by atoms with Crippen LogP contribution in [0.4, 0.5) is 5.88 Å². The van der Waals surface area contributed by atoms with E-state index < -0.39 is 0 Å². The molecular weight excluding hydrogens is 276 g/mol. The summed E-state index contributed by atoms with van der Waals surface area (Å²) in [5.74, 6) is 0.726. The molecule has 0 amide bonds. The average Bonchev–Trinajstić information content (AvgIpc) is 2.82. The summed E-state index contributed by atoms with van der Waals surface area (Å²) in [6, 6.07) is 9.25. The highest BCUT2D eigenvalue weighted by Crippen LogP contribution is 2.30. The van der Waals surface area contributed by atoms with Crippen molar-refractivity contribution in [1.29, 1.82) is 5.26 Å². The van der Waals surface area contributed by atoms with Gasteiger partial charge in [0.05, 0.1) is 10.6 Å². The summed E-state index contributed by atoms with van der Waals surface area (Å²) in [5, 5.41) is 12.7. The Morgan fingerprint density at radius 1 is 1.40 bits per heavy atom. The van der Waals surface area contributed by atoms with Gasteiger partial charge < -0.3 is 14.6 Å². The van der Waals surface area contributed by atoms with Gasteiger partial charge in [0, 0.05) is 13.1 Å². The molecule has 104 valence electrons. The summed E-state index contributed by atoms with van der Waals surface area (Å²) in [5.41, 5.74) is 0.907. The first-order valence-electron chi connectivity index (χ1n) is 6.16. The third-order valence-corrected chi connectivity index (χ3v) is 3.01. The number of nitrogens with one attached hydrogen (secondary N) is 1. The first kappa shape index (κ1) is 14.4. The first-order chi connectivity index (χ1) is 9.61. The standard InChI is InChI=1S/C14H15ClN4O/c1-19(2)8-7-17-14-12(9-16)18-13(20-14)10-5-3-4-6-11(10)15/h3-6,17H,7-8H2,1-2H3. The molecule has 0 fully saturated rings. The maximum Gasteiger partial charge on any atom is 0.232 e. The molecule has 1 heterocycles. The van der Waals surface area contributed by atoms with Crippen molar-refractivity contribution in [3.05, 3.63) is 35.0 Å². The molecule has 20 heavy (non-hydrogen) atoms. The molecule has 0 unspecified atom stereocenters. The van der Waals surface area contributed by atoms with Gasteiger partial charge >= 0.3 is 0 Å². The van der Waals surface area contributed by atoms with Gasteiger partial charge in [-0.1, -0.05) is 23.7 Å². The van der Waals surface area contributed by atoms with Crippen LogP contribution in [0, 0.1) is 11.3 Å². The van der Waals surface area contributed by atoms with Crippen LogP contribution in [0.25, 0.3) is 11.5 Å². The first-order valence-corrected chi connectivity index (χ1v) is 6.54. The fraction of sp³-hybridized carbons (Fsp3) is 0.286. The molecule has 0 radical (unpaired) electrons.